The number of carbonyl (C=O) groups is 15. The van der Waals surface area contributed by atoms with Crippen molar-refractivity contribution in [1.82, 2.24) is 68.5 Å². The molecular formula is C66H98N18O19. The average Bonchev–Trinajstić information content (AvgIpc) is 1.32. The molecule has 12 amide bonds. The van der Waals surface area contributed by atoms with Crippen LogP contribution in [0.2, 0.25) is 0 Å². The molecule has 0 aliphatic heterocycles. The minimum absolute atomic E-state index is 0.00156. The topological polar surface area (TPSA) is 614 Å². The number of aliphatic hydroxyl groups excluding tert-OH is 1. The van der Waals surface area contributed by atoms with Gasteiger partial charge in [-0.05, 0) is 67.9 Å². The highest BCUT2D eigenvalue weighted by atomic mass is 16.4. The first-order chi connectivity index (χ1) is 48.5. The Hall–Kier alpha value is -11.1. The van der Waals surface area contributed by atoms with Gasteiger partial charge in [0.15, 0.2) is 5.96 Å². The maximum absolute atomic E-state index is 14.6. The summed E-state index contributed by atoms with van der Waals surface area (Å²) in [5.74, 6) is -18.6. The highest BCUT2D eigenvalue weighted by Gasteiger charge is 2.38. The number of hydrogen-bond acceptors (Lipinski definition) is 19. The number of H-pyrrole nitrogens is 1. The summed E-state index contributed by atoms with van der Waals surface area (Å²) in [5.41, 5.74) is 23.6. The second kappa shape index (κ2) is 43.5. The number of nitrogens with two attached hydrogens (primary N) is 4. The van der Waals surface area contributed by atoms with Gasteiger partial charge in [0.05, 0.1) is 25.4 Å². The molecule has 0 radical (unpaired) electrons. The number of benzene rings is 2. The molecule has 0 aliphatic rings. The van der Waals surface area contributed by atoms with Crippen LogP contribution < -0.4 is 81.4 Å². The molecule has 0 saturated carbocycles. The van der Waals surface area contributed by atoms with Crippen molar-refractivity contribution in [3.8, 4) is 0 Å². The molecule has 0 bridgehead atoms. The number of aliphatic carboxylic acids is 3. The number of primary amides is 1. The first kappa shape index (κ1) is 86.1. The van der Waals surface area contributed by atoms with Gasteiger partial charge in [-0.2, -0.15) is 0 Å². The van der Waals surface area contributed by atoms with E-state index in [1.165, 1.54) is 50.6 Å². The summed E-state index contributed by atoms with van der Waals surface area (Å²) in [5, 5.41) is 66.1. The quantitative estimate of drug-likeness (QED) is 0.0145. The van der Waals surface area contributed by atoms with Crippen molar-refractivity contribution < 1.29 is 92.3 Å². The number of amides is 12. The number of aromatic nitrogens is 2. The first-order valence-corrected chi connectivity index (χ1v) is 33.3. The fourth-order valence-corrected chi connectivity index (χ4v) is 10.1. The summed E-state index contributed by atoms with van der Waals surface area (Å²) in [6.07, 6.45) is -0.998. The predicted octanol–water partition coefficient (Wildman–Crippen LogP) is -4.27. The van der Waals surface area contributed by atoms with E-state index in [1.807, 2.05) is 0 Å². The summed E-state index contributed by atoms with van der Waals surface area (Å²) in [4.78, 5) is 213. The number of nitrogens with one attached hydrogen (secondary N) is 12. The zero-order chi connectivity index (χ0) is 77.2. The number of aliphatic hydroxyl groups is 1. The summed E-state index contributed by atoms with van der Waals surface area (Å²) in [6.45, 7) is 9.96. The van der Waals surface area contributed by atoms with Crippen molar-refractivity contribution in [3.05, 3.63) is 90.0 Å². The molecule has 13 atom stereocenters. The van der Waals surface area contributed by atoms with Gasteiger partial charge in [-0.25, -0.2) is 4.98 Å². The zero-order valence-corrected chi connectivity index (χ0v) is 58.4. The number of guanidine groups is 1. The van der Waals surface area contributed by atoms with E-state index in [4.69, 9.17) is 22.9 Å². The number of rotatable bonds is 46. The molecule has 3 aromatic rings. The molecule has 37 heteroatoms. The molecule has 0 fully saturated rings. The summed E-state index contributed by atoms with van der Waals surface area (Å²) in [6, 6.07) is -3.21. The molecule has 1 heterocycles. The summed E-state index contributed by atoms with van der Waals surface area (Å²) in [7, 11) is 0. The van der Waals surface area contributed by atoms with Crippen molar-refractivity contribution in [1.29, 1.82) is 0 Å². The van der Waals surface area contributed by atoms with Gasteiger partial charge < -0.3 is 107 Å². The summed E-state index contributed by atoms with van der Waals surface area (Å²) >= 11 is 0. The van der Waals surface area contributed by atoms with Crippen LogP contribution in [0, 0.1) is 17.8 Å². The molecule has 3 rings (SSSR count). The Bertz CT molecular complexity index is 3410. The lowest BCUT2D eigenvalue weighted by molar-refractivity contribution is -0.142. The molecule has 1 aromatic heterocycles. The monoisotopic (exact) mass is 1450 g/mol. The predicted molar refractivity (Wildman–Crippen MR) is 369 cm³/mol. The number of aromatic amines is 1. The third-order valence-corrected chi connectivity index (χ3v) is 16.1. The van der Waals surface area contributed by atoms with Gasteiger partial charge in [-0.3, -0.25) is 76.9 Å². The van der Waals surface area contributed by atoms with Gasteiger partial charge in [0, 0.05) is 44.1 Å². The van der Waals surface area contributed by atoms with Crippen molar-refractivity contribution in [2.45, 2.75) is 192 Å². The number of carboxylic acids is 3. The SMILES string of the molecule is CC[C@H](C)[C@H](N)C(=O)N[C@@H](CO)C(=O)N[C@@H](CCC(=O)O)C(=O)N[C@H](C(=O)N[C@H](C(=O)N[C@@H](CC(C)C)C(=O)N[C@@H](CC(=O)O)C(=O)N[C@@H](C)C(=O)N[C@@H](CCC(=O)O)C(=O)N[C@@H](Cc1ccccc1)C(=O)N[C@@H](CCCN=C(N)N)C(=O)N[C@@H](Cc1cnc[nH]1)C(N)=O)c1ccccc1)C(C)C. The Balaban J connectivity index is 1.90. The van der Waals surface area contributed by atoms with Gasteiger partial charge in [-0.15, -0.1) is 0 Å². The lowest BCUT2D eigenvalue weighted by Crippen LogP contribution is -2.60. The lowest BCUT2D eigenvalue weighted by atomic mass is 9.98. The molecular weight excluding hydrogens is 1350 g/mol. The highest BCUT2D eigenvalue weighted by molar-refractivity contribution is 6.00. The van der Waals surface area contributed by atoms with Crippen molar-refractivity contribution >= 4 is 94.8 Å². The van der Waals surface area contributed by atoms with Crippen LogP contribution in [0.25, 0.3) is 0 Å². The maximum atomic E-state index is 14.6. The Morgan fingerprint density at radius 3 is 1.49 bits per heavy atom. The van der Waals surface area contributed by atoms with Gasteiger partial charge in [0.1, 0.15) is 66.5 Å². The third kappa shape index (κ3) is 30.7. The van der Waals surface area contributed by atoms with Gasteiger partial charge in [-0.1, -0.05) is 109 Å². The van der Waals surface area contributed by atoms with E-state index in [9.17, 15) is 92.3 Å². The molecule has 0 unspecified atom stereocenters. The fourth-order valence-electron chi connectivity index (χ4n) is 10.1. The Morgan fingerprint density at radius 2 is 0.981 bits per heavy atom. The van der Waals surface area contributed by atoms with Crippen LogP contribution in [0.15, 0.2) is 78.2 Å². The second-order valence-electron chi connectivity index (χ2n) is 25.3. The summed E-state index contributed by atoms with van der Waals surface area (Å²) < 4.78 is 0. The van der Waals surface area contributed by atoms with E-state index in [-0.39, 0.29) is 56.1 Å². The molecule has 24 N–H and O–H groups in total. The van der Waals surface area contributed by atoms with Crippen LogP contribution in [-0.4, -0.2) is 205 Å². The third-order valence-electron chi connectivity index (χ3n) is 16.1. The standard InChI is InChI=1S/C66H98N18O19/c1-8-35(6)51(67)63(101)82-47(31-85)62(100)77-42(22-24-49(88)89)58(96)83-52(34(4)5)64(102)84-53(38-18-13-10-14-19-38)65(103)81-44(26-33(2)3)60(98)80-46(29-50(90)91)59(97)74-36(7)55(93)75-41(21-23-48(86)87)57(95)79-45(27-37-16-11-9-12-17-37)61(99)76-40(20-15-25-72-66(69)70)56(94)78-43(54(68)92)28-39-30-71-32-73-39/h9-14,16-19,30,32-36,40-47,51-53,85H,8,15,20-29,31,67H2,1-7H3,(H2,68,92)(H,71,73)(H,74,97)(H,75,93)(H,76,99)(H,77,100)(H,78,94)(H,79,95)(H,80,98)(H,81,103)(H,82,101)(H,83,96)(H,84,102)(H,86,87)(H,88,89)(H,90,91)(H4,69,70,72)/t35-,36-,40-,41-,42-,43-,44-,45-,46-,47-,51-,52-,53-/m0/s1. The van der Waals surface area contributed by atoms with Crippen molar-refractivity contribution in [3.63, 3.8) is 0 Å². The Morgan fingerprint density at radius 1 is 0.505 bits per heavy atom. The smallest absolute Gasteiger partial charge is 0.305 e. The minimum Gasteiger partial charge on any atom is -0.481 e. The number of nitrogens with zero attached hydrogens (tertiary/aromatic N) is 2. The normalized spacial score (nSPS) is 14.9. The van der Waals surface area contributed by atoms with E-state index < -0.39 is 212 Å². The van der Waals surface area contributed by atoms with E-state index >= 15 is 0 Å². The fraction of sp³-hybridized carbons (Fsp3) is 0.530. The minimum atomic E-state index is -1.99. The first-order valence-electron chi connectivity index (χ1n) is 33.3. The lowest BCUT2D eigenvalue weighted by Gasteiger charge is -2.29. The second-order valence-corrected chi connectivity index (χ2v) is 25.3. The maximum Gasteiger partial charge on any atom is 0.305 e. The Labute approximate surface area is 593 Å². The van der Waals surface area contributed by atoms with Crippen LogP contribution in [0.4, 0.5) is 0 Å². The Kier molecular flexibility index (Phi) is 36.4. The van der Waals surface area contributed by atoms with Crippen LogP contribution in [0.5, 0.6) is 0 Å². The van der Waals surface area contributed by atoms with Gasteiger partial charge >= 0.3 is 17.9 Å². The van der Waals surface area contributed by atoms with E-state index in [0.29, 0.717) is 17.7 Å². The van der Waals surface area contributed by atoms with Gasteiger partial charge in [0.2, 0.25) is 70.9 Å². The van der Waals surface area contributed by atoms with Crippen molar-refractivity contribution in [2.24, 2.45) is 45.7 Å². The highest BCUT2D eigenvalue weighted by Crippen LogP contribution is 2.18. The van der Waals surface area contributed by atoms with E-state index in [0.717, 1.165) is 6.92 Å². The number of hydrogen-bond donors (Lipinski definition) is 20. The average molecular weight is 1450 g/mol. The molecule has 103 heavy (non-hydrogen) atoms. The number of aliphatic imine (C=N–C) groups is 1. The molecule has 566 valence electrons. The zero-order valence-electron chi connectivity index (χ0n) is 58.4. The van der Waals surface area contributed by atoms with E-state index in [1.54, 1.807) is 64.1 Å². The van der Waals surface area contributed by atoms with Crippen LogP contribution in [0.3, 0.4) is 0 Å². The molecule has 2 aromatic carbocycles. The van der Waals surface area contributed by atoms with Crippen LogP contribution in [-0.2, 0) is 84.8 Å². The van der Waals surface area contributed by atoms with Crippen LogP contribution >= 0.6 is 0 Å². The largest absolute Gasteiger partial charge is 0.481 e. The molecule has 0 saturated heterocycles. The number of imidazole rings is 1. The molecule has 0 spiro atoms. The number of carboxylic acid groups (broad SMARTS) is 3. The molecule has 37 nitrogen and oxygen atoms in total. The van der Waals surface area contributed by atoms with E-state index in [2.05, 4.69) is 73.4 Å². The van der Waals surface area contributed by atoms with Crippen LogP contribution in [0.1, 0.15) is 129 Å². The van der Waals surface area contributed by atoms with Gasteiger partial charge in [0.25, 0.3) is 0 Å². The molecule has 0 aliphatic carbocycles. The number of carbonyl (C=O) groups excluding carboxylic acids is 12. The van der Waals surface area contributed by atoms with Crippen molar-refractivity contribution in [2.75, 3.05) is 13.2 Å².